The first-order chi connectivity index (χ1) is 9.60. The molecule has 0 unspecified atom stereocenters. The number of carbonyl (C=O) groups excluding carboxylic acids is 1. The third-order valence-corrected chi connectivity index (χ3v) is 2.72. The molecule has 0 saturated carbocycles. The maximum absolute atomic E-state index is 12.0. The average Bonchev–Trinajstić information content (AvgIpc) is 2.48. The van der Waals surface area contributed by atoms with Crippen LogP contribution in [-0.4, -0.2) is 21.9 Å². The van der Waals surface area contributed by atoms with Crippen molar-refractivity contribution in [2.24, 2.45) is 10.9 Å². The molecule has 1 aromatic heterocycles. The number of pyridine rings is 1. The number of amidine groups is 1. The number of oxime groups is 1. The van der Waals surface area contributed by atoms with Gasteiger partial charge in [0, 0.05) is 23.1 Å². The van der Waals surface area contributed by atoms with Crippen molar-refractivity contribution in [1.29, 1.82) is 0 Å². The Hall–Kier alpha value is -2.89. The van der Waals surface area contributed by atoms with Crippen molar-refractivity contribution in [1.82, 2.24) is 4.98 Å². The lowest BCUT2D eigenvalue weighted by Crippen LogP contribution is -2.14. The summed E-state index contributed by atoms with van der Waals surface area (Å²) in [4.78, 5) is 16.0. The summed E-state index contributed by atoms with van der Waals surface area (Å²) in [5.74, 6) is -0.223. The van der Waals surface area contributed by atoms with Gasteiger partial charge in [-0.05, 0) is 43.3 Å². The Bertz CT molecular complexity index is 633. The molecule has 0 aliphatic carbocycles. The van der Waals surface area contributed by atoms with Crippen molar-refractivity contribution < 1.29 is 10.0 Å². The molecule has 102 valence electrons. The van der Waals surface area contributed by atoms with E-state index in [1.165, 1.54) is 6.20 Å². The number of nitrogens with zero attached hydrogens (tertiary/aromatic N) is 2. The van der Waals surface area contributed by atoms with Crippen LogP contribution < -0.4 is 11.1 Å². The molecule has 4 N–H and O–H groups in total. The molecule has 0 radical (unpaired) electrons. The number of nitrogens with one attached hydrogen (secondary N) is 1. The molecule has 0 saturated heterocycles. The number of hydrogen-bond donors (Lipinski definition) is 3. The second kappa shape index (κ2) is 5.83. The van der Waals surface area contributed by atoms with Crippen molar-refractivity contribution in [3.8, 4) is 0 Å². The topological polar surface area (TPSA) is 101 Å². The van der Waals surface area contributed by atoms with E-state index in [1.807, 2.05) is 6.92 Å². The number of hydrogen-bond acceptors (Lipinski definition) is 4. The maximum Gasteiger partial charge on any atom is 0.257 e. The number of aryl methyl sites for hydroxylation is 1. The fourth-order valence-corrected chi connectivity index (χ4v) is 1.59. The minimum absolute atomic E-state index is 0.0191. The standard InChI is InChI=1S/C14H14N4O2/c1-9-2-3-11(8-16-9)14(19)17-12-6-4-10(5-7-12)13(15)18-20/h2-8,20H,1H3,(H2,15,18)(H,17,19). The smallest absolute Gasteiger partial charge is 0.257 e. The third kappa shape index (κ3) is 3.11. The second-order valence-corrected chi connectivity index (χ2v) is 4.20. The largest absolute Gasteiger partial charge is 0.409 e. The van der Waals surface area contributed by atoms with Crippen molar-refractivity contribution in [3.05, 3.63) is 59.4 Å². The number of carbonyl (C=O) groups is 1. The maximum atomic E-state index is 12.0. The van der Waals surface area contributed by atoms with Crippen LogP contribution in [-0.2, 0) is 0 Å². The summed E-state index contributed by atoms with van der Waals surface area (Å²) in [7, 11) is 0. The van der Waals surface area contributed by atoms with Crippen LogP contribution >= 0.6 is 0 Å². The Labute approximate surface area is 115 Å². The van der Waals surface area contributed by atoms with E-state index in [4.69, 9.17) is 10.9 Å². The minimum Gasteiger partial charge on any atom is -0.409 e. The third-order valence-electron chi connectivity index (χ3n) is 2.72. The van der Waals surface area contributed by atoms with Crippen LogP contribution in [0.15, 0.2) is 47.8 Å². The zero-order valence-electron chi connectivity index (χ0n) is 10.9. The van der Waals surface area contributed by atoms with Gasteiger partial charge in [-0.3, -0.25) is 9.78 Å². The van der Waals surface area contributed by atoms with E-state index < -0.39 is 0 Å². The Kier molecular flexibility index (Phi) is 3.95. The minimum atomic E-state index is -0.242. The summed E-state index contributed by atoms with van der Waals surface area (Å²) < 4.78 is 0. The molecule has 0 atom stereocenters. The number of amides is 1. The number of benzene rings is 1. The predicted octanol–water partition coefficient (Wildman–Crippen LogP) is 1.74. The Morgan fingerprint density at radius 3 is 2.40 bits per heavy atom. The Morgan fingerprint density at radius 2 is 1.85 bits per heavy atom. The van der Waals surface area contributed by atoms with Crippen LogP contribution in [0.4, 0.5) is 5.69 Å². The molecule has 0 spiro atoms. The van der Waals surface area contributed by atoms with Crippen LogP contribution in [0.5, 0.6) is 0 Å². The van der Waals surface area contributed by atoms with Gasteiger partial charge < -0.3 is 16.3 Å². The van der Waals surface area contributed by atoms with Crippen molar-refractivity contribution >= 4 is 17.4 Å². The van der Waals surface area contributed by atoms with Gasteiger partial charge in [0.2, 0.25) is 0 Å². The molecule has 6 nitrogen and oxygen atoms in total. The summed E-state index contributed by atoms with van der Waals surface area (Å²) >= 11 is 0. The molecule has 0 bridgehead atoms. The lowest BCUT2D eigenvalue weighted by atomic mass is 10.2. The van der Waals surface area contributed by atoms with E-state index in [1.54, 1.807) is 36.4 Å². The molecule has 1 amide bonds. The zero-order chi connectivity index (χ0) is 14.5. The number of nitrogens with two attached hydrogens (primary N) is 1. The molecule has 1 aromatic carbocycles. The molecular formula is C14H14N4O2. The number of rotatable bonds is 3. The summed E-state index contributed by atoms with van der Waals surface area (Å²) in [6.45, 7) is 1.85. The summed E-state index contributed by atoms with van der Waals surface area (Å²) in [5, 5.41) is 14.2. The van der Waals surface area contributed by atoms with E-state index >= 15 is 0 Å². The van der Waals surface area contributed by atoms with Gasteiger partial charge in [0.15, 0.2) is 5.84 Å². The highest BCUT2D eigenvalue weighted by Crippen LogP contribution is 2.11. The Balaban J connectivity index is 2.10. The van der Waals surface area contributed by atoms with Crippen LogP contribution in [0.2, 0.25) is 0 Å². The molecule has 0 fully saturated rings. The average molecular weight is 270 g/mol. The molecule has 0 aliphatic heterocycles. The quantitative estimate of drug-likeness (QED) is 0.342. The van der Waals surface area contributed by atoms with Gasteiger partial charge in [0.1, 0.15) is 0 Å². The van der Waals surface area contributed by atoms with E-state index in [9.17, 15) is 4.79 Å². The lowest BCUT2D eigenvalue weighted by molar-refractivity contribution is 0.102. The van der Waals surface area contributed by atoms with Gasteiger partial charge in [-0.25, -0.2) is 0 Å². The first-order valence-electron chi connectivity index (χ1n) is 5.92. The van der Waals surface area contributed by atoms with Gasteiger partial charge in [-0.1, -0.05) is 5.16 Å². The monoisotopic (exact) mass is 270 g/mol. The molecule has 6 heteroatoms. The normalized spacial score (nSPS) is 11.2. The highest BCUT2D eigenvalue weighted by Gasteiger charge is 2.06. The van der Waals surface area contributed by atoms with E-state index in [0.717, 1.165) is 5.69 Å². The summed E-state index contributed by atoms with van der Waals surface area (Å²) in [6, 6.07) is 10.1. The van der Waals surface area contributed by atoms with Crippen LogP contribution in [0.1, 0.15) is 21.6 Å². The van der Waals surface area contributed by atoms with Crippen LogP contribution in [0, 0.1) is 6.92 Å². The first-order valence-corrected chi connectivity index (χ1v) is 5.92. The fraction of sp³-hybridized carbons (Fsp3) is 0.0714. The van der Waals surface area contributed by atoms with E-state index in [0.29, 0.717) is 16.8 Å². The molecule has 0 aliphatic rings. The van der Waals surface area contributed by atoms with Crippen LogP contribution in [0.25, 0.3) is 0 Å². The second-order valence-electron chi connectivity index (χ2n) is 4.20. The summed E-state index contributed by atoms with van der Waals surface area (Å²) in [6.07, 6.45) is 1.52. The Morgan fingerprint density at radius 1 is 1.20 bits per heavy atom. The highest BCUT2D eigenvalue weighted by atomic mass is 16.4. The number of anilines is 1. The summed E-state index contributed by atoms with van der Waals surface area (Å²) in [5.41, 5.74) is 7.98. The SMILES string of the molecule is Cc1ccc(C(=O)Nc2ccc(/C(N)=N/O)cc2)cn1. The van der Waals surface area contributed by atoms with Crippen LogP contribution in [0.3, 0.4) is 0 Å². The first kappa shape index (κ1) is 13.5. The molecule has 1 heterocycles. The predicted molar refractivity (Wildman–Crippen MR) is 75.9 cm³/mol. The molecule has 20 heavy (non-hydrogen) atoms. The van der Waals surface area contributed by atoms with Crippen molar-refractivity contribution in [2.75, 3.05) is 5.32 Å². The molecule has 2 aromatic rings. The van der Waals surface area contributed by atoms with Crippen molar-refractivity contribution in [2.45, 2.75) is 6.92 Å². The van der Waals surface area contributed by atoms with E-state index in [-0.39, 0.29) is 11.7 Å². The zero-order valence-corrected chi connectivity index (χ0v) is 10.9. The van der Waals surface area contributed by atoms with Gasteiger partial charge >= 0.3 is 0 Å². The van der Waals surface area contributed by atoms with Gasteiger partial charge in [0.25, 0.3) is 5.91 Å². The fourth-order valence-electron chi connectivity index (χ4n) is 1.59. The number of aromatic nitrogens is 1. The van der Waals surface area contributed by atoms with E-state index in [2.05, 4.69) is 15.5 Å². The van der Waals surface area contributed by atoms with Gasteiger partial charge in [0.05, 0.1) is 5.56 Å². The van der Waals surface area contributed by atoms with Gasteiger partial charge in [-0.15, -0.1) is 0 Å². The molecular weight excluding hydrogens is 256 g/mol. The van der Waals surface area contributed by atoms with Gasteiger partial charge in [-0.2, -0.15) is 0 Å². The molecule has 2 rings (SSSR count). The van der Waals surface area contributed by atoms with Crippen molar-refractivity contribution in [3.63, 3.8) is 0 Å². The lowest BCUT2D eigenvalue weighted by Gasteiger charge is -2.06. The highest BCUT2D eigenvalue weighted by molar-refractivity contribution is 6.04.